The second-order valence-electron chi connectivity index (χ2n) is 4.57. The zero-order valence-electron chi connectivity index (χ0n) is 11.3. The van der Waals surface area contributed by atoms with Gasteiger partial charge in [-0.15, -0.1) is 0 Å². The monoisotopic (exact) mass is 280 g/mol. The van der Waals surface area contributed by atoms with E-state index in [1.54, 1.807) is 25.1 Å². The van der Waals surface area contributed by atoms with Gasteiger partial charge in [-0.2, -0.15) is 0 Å². The fourth-order valence-corrected chi connectivity index (χ4v) is 1.92. The van der Waals surface area contributed by atoms with Crippen molar-refractivity contribution in [1.29, 1.82) is 0 Å². The Kier molecular flexibility index (Phi) is 3.92. The average Bonchev–Trinajstić information content (AvgIpc) is 2.58. The molecule has 1 aliphatic rings. The van der Waals surface area contributed by atoms with Crippen molar-refractivity contribution in [3.8, 4) is 5.88 Å². The lowest BCUT2D eigenvalue weighted by atomic mass is 10.2. The quantitative estimate of drug-likeness (QED) is 0.801. The predicted octanol–water partition coefficient (Wildman–Crippen LogP) is 1.05. The first-order chi connectivity index (χ1) is 9.47. The molecule has 0 fully saturated rings. The normalized spacial score (nSPS) is 13.8. The molecule has 1 aromatic rings. The van der Waals surface area contributed by atoms with Crippen LogP contribution in [0.15, 0.2) is 12.3 Å². The molecule has 2 heterocycles. The summed E-state index contributed by atoms with van der Waals surface area (Å²) in [5.41, 5.74) is 1.02. The molecule has 0 radical (unpaired) electrons. The van der Waals surface area contributed by atoms with Gasteiger partial charge in [0.15, 0.2) is 0 Å². The first-order valence-electron chi connectivity index (χ1n) is 6.05. The van der Waals surface area contributed by atoms with Gasteiger partial charge >= 0.3 is 12.1 Å². The van der Waals surface area contributed by atoms with Gasteiger partial charge in [-0.05, 0) is 6.07 Å². The number of hydrogen-bond donors (Lipinski definition) is 2. The predicted molar refractivity (Wildman–Crippen MR) is 70.9 cm³/mol. The van der Waals surface area contributed by atoms with Crippen molar-refractivity contribution in [2.75, 3.05) is 32.6 Å². The lowest BCUT2D eigenvalue weighted by Crippen LogP contribution is -2.39. The summed E-state index contributed by atoms with van der Waals surface area (Å²) in [5.74, 6) is 0.426. The van der Waals surface area contributed by atoms with Crippen LogP contribution in [0, 0.1) is 0 Å². The molecule has 0 bridgehead atoms. The largest absolute Gasteiger partial charge is 0.476 e. The highest BCUT2D eigenvalue weighted by molar-refractivity contribution is 5.82. The van der Waals surface area contributed by atoms with Crippen LogP contribution in [-0.2, 0) is 6.54 Å². The number of rotatable bonds is 1. The number of aromatic nitrogens is 1. The van der Waals surface area contributed by atoms with E-state index in [0.717, 1.165) is 0 Å². The third-order valence-electron chi connectivity index (χ3n) is 2.79. The van der Waals surface area contributed by atoms with Gasteiger partial charge in [0, 0.05) is 19.7 Å². The first kappa shape index (κ1) is 13.9. The van der Waals surface area contributed by atoms with E-state index in [2.05, 4.69) is 10.3 Å². The molecule has 3 amide bonds. The van der Waals surface area contributed by atoms with Crippen LogP contribution in [0.1, 0.15) is 5.56 Å². The van der Waals surface area contributed by atoms with Crippen LogP contribution in [-0.4, -0.2) is 59.3 Å². The molecule has 0 saturated heterocycles. The fourth-order valence-electron chi connectivity index (χ4n) is 1.92. The number of carboxylic acid groups (broad SMARTS) is 1. The van der Waals surface area contributed by atoms with Crippen molar-refractivity contribution >= 4 is 17.8 Å². The van der Waals surface area contributed by atoms with E-state index in [4.69, 9.17) is 9.84 Å². The second kappa shape index (κ2) is 5.64. The van der Waals surface area contributed by atoms with Crippen LogP contribution in [0.25, 0.3) is 0 Å². The summed E-state index contributed by atoms with van der Waals surface area (Å²) in [4.78, 5) is 29.8. The van der Waals surface area contributed by atoms with Crippen LogP contribution in [0.5, 0.6) is 5.88 Å². The van der Waals surface area contributed by atoms with Crippen molar-refractivity contribution in [3.05, 3.63) is 17.8 Å². The number of fused-ring (bicyclic) bond motifs is 1. The van der Waals surface area contributed by atoms with Crippen LogP contribution in [0.4, 0.5) is 15.3 Å². The van der Waals surface area contributed by atoms with E-state index < -0.39 is 6.09 Å². The lowest BCUT2D eigenvalue weighted by Gasteiger charge is -2.23. The highest BCUT2D eigenvalue weighted by atomic mass is 16.5. The summed E-state index contributed by atoms with van der Waals surface area (Å²) in [6.07, 6.45) is 0.221. The van der Waals surface area contributed by atoms with Crippen molar-refractivity contribution < 1.29 is 19.4 Å². The Bertz CT molecular complexity index is 532. The molecule has 2 N–H and O–H groups in total. The molecule has 1 aliphatic heterocycles. The second-order valence-corrected chi connectivity index (χ2v) is 4.57. The van der Waals surface area contributed by atoms with Gasteiger partial charge in [0.25, 0.3) is 0 Å². The number of pyridine rings is 1. The van der Waals surface area contributed by atoms with Crippen molar-refractivity contribution in [1.82, 2.24) is 14.8 Å². The maximum Gasteiger partial charge on any atom is 0.409 e. The number of nitrogens with one attached hydrogen (secondary N) is 1. The molecule has 0 spiro atoms. The number of anilines is 1. The number of nitrogens with zero attached hydrogens (tertiary/aromatic N) is 3. The van der Waals surface area contributed by atoms with Gasteiger partial charge in [0.1, 0.15) is 6.61 Å². The molecule has 20 heavy (non-hydrogen) atoms. The minimum Gasteiger partial charge on any atom is -0.476 e. The number of carbonyl (C=O) groups excluding carboxylic acids is 1. The number of amides is 3. The molecule has 8 nitrogen and oxygen atoms in total. The molecule has 0 aromatic carbocycles. The third-order valence-corrected chi connectivity index (χ3v) is 2.79. The maximum absolute atomic E-state index is 12.0. The van der Waals surface area contributed by atoms with E-state index in [-0.39, 0.29) is 6.03 Å². The van der Waals surface area contributed by atoms with E-state index >= 15 is 0 Å². The third kappa shape index (κ3) is 3.08. The zero-order valence-corrected chi connectivity index (χ0v) is 11.3. The minimum atomic E-state index is -1.16. The van der Waals surface area contributed by atoms with Crippen LogP contribution < -0.4 is 10.1 Å². The molecule has 108 valence electrons. The van der Waals surface area contributed by atoms with E-state index in [9.17, 15) is 9.59 Å². The van der Waals surface area contributed by atoms with Gasteiger partial charge in [-0.25, -0.2) is 14.6 Å². The van der Waals surface area contributed by atoms with E-state index in [0.29, 0.717) is 36.8 Å². The molecule has 0 aliphatic carbocycles. The molecular formula is C12H16N4O4. The average molecular weight is 280 g/mol. The molecule has 0 atom stereocenters. The lowest BCUT2D eigenvalue weighted by molar-refractivity contribution is 0.162. The first-order valence-corrected chi connectivity index (χ1v) is 6.05. The standard InChI is InChI=1S/C12H16N4O4/c1-15(2)12(19)16-3-4-20-10-8(7-16)5-9(6-13-10)14-11(17)18/h5-6,14H,3-4,7H2,1-2H3,(H,17,18). The summed E-state index contributed by atoms with van der Waals surface area (Å²) in [7, 11) is 3.35. The molecule has 1 aromatic heterocycles. The van der Waals surface area contributed by atoms with Gasteiger partial charge in [0.05, 0.1) is 25.0 Å². The Morgan fingerprint density at radius 1 is 1.50 bits per heavy atom. The summed E-state index contributed by atoms with van der Waals surface area (Å²) in [6, 6.07) is 1.50. The Morgan fingerprint density at radius 3 is 2.90 bits per heavy atom. The van der Waals surface area contributed by atoms with Crippen molar-refractivity contribution in [2.45, 2.75) is 6.54 Å². The zero-order chi connectivity index (χ0) is 14.7. The molecule has 8 heteroatoms. The molecule has 0 unspecified atom stereocenters. The van der Waals surface area contributed by atoms with Gasteiger partial charge < -0.3 is 19.6 Å². The highest BCUT2D eigenvalue weighted by Gasteiger charge is 2.22. The summed E-state index contributed by atoms with van der Waals surface area (Å²) in [6.45, 7) is 1.13. The van der Waals surface area contributed by atoms with Gasteiger partial charge in [-0.1, -0.05) is 0 Å². The topological polar surface area (TPSA) is 95.0 Å². The van der Waals surface area contributed by atoms with Crippen molar-refractivity contribution in [2.24, 2.45) is 0 Å². The Balaban J connectivity index is 2.23. The summed E-state index contributed by atoms with van der Waals surface area (Å²) >= 11 is 0. The van der Waals surface area contributed by atoms with Gasteiger partial charge in [-0.3, -0.25) is 5.32 Å². The smallest absolute Gasteiger partial charge is 0.409 e. The van der Waals surface area contributed by atoms with Crippen LogP contribution in [0.2, 0.25) is 0 Å². The molecular weight excluding hydrogens is 264 g/mol. The van der Waals surface area contributed by atoms with Gasteiger partial charge in [0.2, 0.25) is 5.88 Å². The van der Waals surface area contributed by atoms with Crippen molar-refractivity contribution in [3.63, 3.8) is 0 Å². The Hall–Kier alpha value is -2.51. The number of urea groups is 1. The maximum atomic E-state index is 12.0. The SMILES string of the molecule is CN(C)C(=O)N1CCOc2ncc(NC(=O)O)cc2C1. The van der Waals surface area contributed by atoms with Crippen LogP contribution >= 0.6 is 0 Å². The Morgan fingerprint density at radius 2 is 2.25 bits per heavy atom. The van der Waals surface area contributed by atoms with E-state index in [1.165, 1.54) is 11.1 Å². The minimum absolute atomic E-state index is 0.127. The summed E-state index contributed by atoms with van der Waals surface area (Å²) in [5, 5.41) is 10.9. The number of hydrogen-bond acceptors (Lipinski definition) is 4. The summed E-state index contributed by atoms with van der Waals surface area (Å²) < 4.78 is 5.47. The number of carbonyl (C=O) groups is 2. The fraction of sp³-hybridized carbons (Fsp3) is 0.417. The molecule has 2 rings (SSSR count). The molecule has 0 saturated carbocycles. The highest BCUT2D eigenvalue weighted by Crippen LogP contribution is 2.24. The van der Waals surface area contributed by atoms with Crippen LogP contribution in [0.3, 0.4) is 0 Å². The Labute approximate surface area is 116 Å². The van der Waals surface area contributed by atoms with E-state index in [1.807, 2.05) is 0 Å². The number of ether oxygens (including phenoxy) is 1.